The first-order chi connectivity index (χ1) is 20.2. The summed E-state index contributed by atoms with van der Waals surface area (Å²) in [5.74, 6) is 2.22. The SMILES string of the molecule is CC(C)CC=O.CNC[C@H]1C[C@@H](N(C)C(C)C)CN(C(=O)OC(C)(C)C)C1.COCCCOc1cc(C=O)ccc1OC. The van der Waals surface area contributed by atoms with Gasteiger partial charge in [0.05, 0.1) is 13.7 Å². The monoisotopic (exact) mass is 609 g/mol. The number of ether oxygens (including phenoxy) is 4. The van der Waals surface area contributed by atoms with Crippen LogP contribution in [0.4, 0.5) is 4.79 Å². The summed E-state index contributed by atoms with van der Waals surface area (Å²) in [4.78, 5) is 36.8. The van der Waals surface area contributed by atoms with E-state index in [4.69, 9.17) is 18.9 Å². The number of nitrogens with zero attached hydrogens (tertiary/aromatic N) is 2. The zero-order chi connectivity index (χ0) is 33.0. The number of rotatable bonds is 13. The van der Waals surface area contributed by atoms with Gasteiger partial charge in [0.2, 0.25) is 0 Å². The number of piperidine rings is 1. The molecule has 10 nitrogen and oxygen atoms in total. The molecule has 0 aliphatic carbocycles. The number of nitrogens with one attached hydrogen (secondary N) is 1. The first-order valence-corrected chi connectivity index (χ1v) is 15.3. The Bertz CT molecular complexity index is 918. The molecule has 1 fully saturated rings. The fourth-order valence-electron chi connectivity index (χ4n) is 4.26. The Hall–Kier alpha value is -2.69. The predicted molar refractivity (Wildman–Crippen MR) is 172 cm³/mol. The lowest BCUT2D eigenvalue weighted by molar-refractivity contribution is -0.108. The van der Waals surface area contributed by atoms with E-state index >= 15 is 0 Å². The summed E-state index contributed by atoms with van der Waals surface area (Å²) < 4.78 is 21.1. The minimum Gasteiger partial charge on any atom is -0.493 e. The van der Waals surface area contributed by atoms with Crippen LogP contribution in [0.1, 0.15) is 78.1 Å². The van der Waals surface area contributed by atoms with Crippen molar-refractivity contribution in [2.24, 2.45) is 11.8 Å². The molecule has 43 heavy (non-hydrogen) atoms. The number of aldehydes is 2. The molecule has 248 valence electrons. The molecule has 2 rings (SSSR count). The van der Waals surface area contributed by atoms with Gasteiger partial charge in [0.25, 0.3) is 0 Å². The Balaban J connectivity index is 0.000000707. The van der Waals surface area contributed by atoms with Gasteiger partial charge in [-0.2, -0.15) is 0 Å². The van der Waals surface area contributed by atoms with E-state index in [1.165, 1.54) is 0 Å². The van der Waals surface area contributed by atoms with Crippen molar-refractivity contribution < 1.29 is 33.3 Å². The van der Waals surface area contributed by atoms with Gasteiger partial charge in [-0.05, 0) is 91.7 Å². The minimum atomic E-state index is -0.438. The molecule has 1 aliphatic rings. The topological polar surface area (TPSA) is 107 Å². The quantitative estimate of drug-likeness (QED) is 0.235. The molecule has 0 spiro atoms. The average molecular weight is 610 g/mol. The Morgan fingerprint density at radius 3 is 2.23 bits per heavy atom. The van der Waals surface area contributed by atoms with Gasteiger partial charge in [0, 0.05) is 57.3 Å². The number of likely N-dealkylation sites (tertiary alicyclic amines) is 1. The van der Waals surface area contributed by atoms with E-state index < -0.39 is 5.60 Å². The Morgan fingerprint density at radius 1 is 1.09 bits per heavy atom. The zero-order valence-corrected chi connectivity index (χ0v) is 28.6. The lowest BCUT2D eigenvalue weighted by Crippen LogP contribution is -2.55. The molecule has 1 heterocycles. The molecule has 10 heteroatoms. The number of hydrogen-bond acceptors (Lipinski definition) is 9. The van der Waals surface area contributed by atoms with E-state index in [1.54, 1.807) is 32.4 Å². The summed E-state index contributed by atoms with van der Waals surface area (Å²) in [5.41, 5.74) is 0.134. The highest BCUT2D eigenvalue weighted by Crippen LogP contribution is 2.27. The van der Waals surface area contributed by atoms with Crippen LogP contribution in [-0.2, 0) is 14.3 Å². The van der Waals surface area contributed by atoms with Gasteiger partial charge in [-0.1, -0.05) is 13.8 Å². The normalized spacial score (nSPS) is 16.6. The van der Waals surface area contributed by atoms with Gasteiger partial charge >= 0.3 is 6.09 Å². The summed E-state index contributed by atoms with van der Waals surface area (Å²) >= 11 is 0. The number of carbonyl (C=O) groups is 3. The summed E-state index contributed by atoms with van der Waals surface area (Å²) in [7, 11) is 7.32. The van der Waals surface area contributed by atoms with E-state index in [1.807, 2.05) is 46.6 Å². The first kappa shape index (κ1) is 40.3. The molecule has 0 bridgehead atoms. The zero-order valence-electron chi connectivity index (χ0n) is 28.6. The average Bonchev–Trinajstić information content (AvgIpc) is 2.94. The van der Waals surface area contributed by atoms with Gasteiger partial charge in [-0.3, -0.25) is 9.69 Å². The van der Waals surface area contributed by atoms with Gasteiger partial charge in [0.1, 0.15) is 18.2 Å². The number of carbonyl (C=O) groups excluding carboxylic acids is 3. The van der Waals surface area contributed by atoms with Crippen molar-refractivity contribution in [1.29, 1.82) is 0 Å². The van der Waals surface area contributed by atoms with E-state index in [2.05, 4.69) is 31.1 Å². The molecule has 2 atom stereocenters. The maximum atomic E-state index is 12.4. The van der Waals surface area contributed by atoms with Crippen LogP contribution >= 0.6 is 0 Å². The van der Waals surface area contributed by atoms with E-state index in [9.17, 15) is 14.4 Å². The molecule has 1 amide bonds. The molecule has 0 aromatic heterocycles. The predicted octanol–water partition coefficient (Wildman–Crippen LogP) is 5.33. The summed E-state index contributed by atoms with van der Waals surface area (Å²) in [6.45, 7) is 17.8. The number of likely N-dealkylation sites (N-methyl/N-ethyl adjacent to an activating group) is 1. The lowest BCUT2D eigenvalue weighted by atomic mass is 9.93. The third-order valence-electron chi connectivity index (χ3n) is 6.69. The standard InChI is InChI=1S/C16H33N3O2.C12H16O4.C5H10O/c1-12(2)18(7)14-8-13(9-17-6)10-19(11-14)15(20)21-16(3,4)5;1-14-6-3-7-16-12-8-10(9-13)4-5-11(12)15-2;1-5(2)3-4-6/h12-14,17H,8-11H2,1-7H3;4-5,8-9H,3,6-7H2,1-2H3;4-5H,3H2,1-2H3/t13-,14-;;/m1../s1. The highest BCUT2D eigenvalue weighted by molar-refractivity contribution is 5.76. The molecule has 0 saturated carbocycles. The van der Waals surface area contributed by atoms with E-state index in [0.29, 0.717) is 60.6 Å². The third-order valence-corrected chi connectivity index (χ3v) is 6.69. The summed E-state index contributed by atoms with van der Waals surface area (Å²) in [5, 5.41) is 3.24. The second kappa shape index (κ2) is 21.9. The molecule has 1 aromatic carbocycles. The van der Waals surface area contributed by atoms with Crippen LogP contribution in [0.5, 0.6) is 11.5 Å². The van der Waals surface area contributed by atoms with Gasteiger partial charge in [0.15, 0.2) is 11.5 Å². The van der Waals surface area contributed by atoms with E-state index in [-0.39, 0.29) is 6.09 Å². The van der Waals surface area contributed by atoms with Crippen molar-refractivity contribution in [3.05, 3.63) is 23.8 Å². The number of hydrogen-bond donors (Lipinski definition) is 1. The molecule has 1 N–H and O–H groups in total. The smallest absolute Gasteiger partial charge is 0.410 e. The summed E-state index contributed by atoms with van der Waals surface area (Å²) in [6.07, 6.45) is 4.15. The van der Waals surface area contributed by atoms with Crippen LogP contribution in [-0.4, -0.2) is 107 Å². The Morgan fingerprint density at radius 2 is 1.77 bits per heavy atom. The fourth-order valence-corrected chi connectivity index (χ4v) is 4.26. The first-order valence-electron chi connectivity index (χ1n) is 15.3. The second-order valence-electron chi connectivity index (χ2n) is 12.5. The highest BCUT2D eigenvalue weighted by atomic mass is 16.6. The van der Waals surface area contributed by atoms with Gasteiger partial charge < -0.3 is 34.0 Å². The van der Waals surface area contributed by atoms with Gasteiger partial charge in [-0.25, -0.2) is 4.79 Å². The maximum Gasteiger partial charge on any atom is 0.410 e. The summed E-state index contributed by atoms with van der Waals surface area (Å²) in [6, 6.07) is 5.94. The highest BCUT2D eigenvalue weighted by Gasteiger charge is 2.34. The number of methoxy groups -OCH3 is 2. The largest absolute Gasteiger partial charge is 0.493 e. The minimum absolute atomic E-state index is 0.189. The van der Waals surface area contributed by atoms with E-state index in [0.717, 1.165) is 45.0 Å². The molecule has 0 unspecified atom stereocenters. The number of amides is 1. The molecule has 1 aliphatic heterocycles. The van der Waals surface area contributed by atoms with Crippen molar-refractivity contribution in [3.8, 4) is 11.5 Å². The van der Waals surface area contributed by atoms with Crippen LogP contribution in [0, 0.1) is 11.8 Å². The third kappa shape index (κ3) is 17.9. The second-order valence-corrected chi connectivity index (χ2v) is 12.5. The van der Waals surface area contributed by atoms with Crippen molar-refractivity contribution in [2.75, 3.05) is 61.2 Å². The van der Waals surface area contributed by atoms with Crippen LogP contribution < -0.4 is 14.8 Å². The van der Waals surface area contributed by atoms with Gasteiger partial charge in [-0.15, -0.1) is 0 Å². The molecule has 1 saturated heterocycles. The Kier molecular flexibility index (Phi) is 20.5. The van der Waals surface area contributed by atoms with Crippen LogP contribution in [0.2, 0.25) is 0 Å². The maximum absolute atomic E-state index is 12.4. The van der Waals surface area contributed by atoms with Crippen molar-refractivity contribution in [1.82, 2.24) is 15.1 Å². The van der Waals surface area contributed by atoms with Crippen molar-refractivity contribution in [2.45, 2.75) is 85.4 Å². The molecular weight excluding hydrogens is 550 g/mol. The number of benzene rings is 1. The van der Waals surface area contributed by atoms with Crippen LogP contribution in [0.15, 0.2) is 18.2 Å². The van der Waals surface area contributed by atoms with Crippen LogP contribution in [0.3, 0.4) is 0 Å². The fraction of sp³-hybridized carbons (Fsp3) is 0.727. The Labute approximate surface area is 260 Å². The molecule has 0 radical (unpaired) electrons. The van der Waals surface area contributed by atoms with Crippen molar-refractivity contribution >= 4 is 18.7 Å². The molecule has 1 aromatic rings. The lowest BCUT2D eigenvalue weighted by Gasteiger charge is -2.43. The van der Waals surface area contributed by atoms with Crippen molar-refractivity contribution in [3.63, 3.8) is 0 Å². The molecular formula is C33H59N3O7. The van der Waals surface area contributed by atoms with Crippen LogP contribution in [0.25, 0.3) is 0 Å².